The van der Waals surface area contributed by atoms with Crippen LogP contribution in [-0.2, 0) is 12.2 Å². The molecule has 27 heavy (non-hydrogen) atoms. The minimum atomic E-state index is 0.300. The Morgan fingerprint density at radius 3 is 2.78 bits per heavy atom. The second-order valence-corrected chi connectivity index (χ2v) is 7.38. The highest BCUT2D eigenvalue weighted by atomic mass is 32.2. The highest BCUT2D eigenvalue weighted by Gasteiger charge is 2.15. The Morgan fingerprint density at radius 1 is 1.11 bits per heavy atom. The van der Waals surface area contributed by atoms with E-state index in [0.717, 1.165) is 39.5 Å². The summed E-state index contributed by atoms with van der Waals surface area (Å²) in [7, 11) is 1.93. The summed E-state index contributed by atoms with van der Waals surface area (Å²) in [5.74, 6) is 2.04. The van der Waals surface area contributed by atoms with Crippen LogP contribution in [0.4, 0.5) is 0 Å². The number of nitrogens with one attached hydrogen (secondary N) is 2. The summed E-state index contributed by atoms with van der Waals surface area (Å²) in [6.45, 7) is 2.09. The van der Waals surface area contributed by atoms with Gasteiger partial charge < -0.3 is 14.8 Å². The van der Waals surface area contributed by atoms with E-state index in [4.69, 9.17) is 4.52 Å². The summed E-state index contributed by atoms with van der Waals surface area (Å²) < 4.78 is 5.52. The first-order valence-electron chi connectivity index (χ1n) is 8.88. The third kappa shape index (κ3) is 4.04. The highest BCUT2D eigenvalue weighted by molar-refractivity contribution is 7.98. The van der Waals surface area contributed by atoms with Crippen LogP contribution in [0.15, 0.2) is 58.2 Å². The van der Waals surface area contributed by atoms with Crippen molar-refractivity contribution in [1.82, 2.24) is 25.4 Å². The number of H-pyrrole nitrogens is 1. The molecule has 4 aromatic rings. The van der Waals surface area contributed by atoms with Gasteiger partial charge in [-0.2, -0.15) is 4.98 Å². The minimum absolute atomic E-state index is 0.300. The van der Waals surface area contributed by atoms with E-state index < -0.39 is 0 Å². The van der Waals surface area contributed by atoms with Gasteiger partial charge in [0, 0.05) is 23.8 Å². The van der Waals surface area contributed by atoms with Crippen LogP contribution in [0.5, 0.6) is 0 Å². The number of fused-ring (bicyclic) bond motifs is 1. The van der Waals surface area contributed by atoms with Crippen molar-refractivity contribution >= 4 is 22.8 Å². The van der Waals surface area contributed by atoms with Crippen molar-refractivity contribution in [1.29, 1.82) is 0 Å². The van der Waals surface area contributed by atoms with E-state index >= 15 is 0 Å². The van der Waals surface area contributed by atoms with Crippen LogP contribution in [0.2, 0.25) is 0 Å². The lowest BCUT2D eigenvalue weighted by atomic mass is 10.1. The number of rotatable bonds is 7. The van der Waals surface area contributed by atoms with Crippen LogP contribution in [0, 0.1) is 0 Å². The fourth-order valence-electron chi connectivity index (χ4n) is 2.82. The lowest BCUT2D eigenvalue weighted by molar-refractivity contribution is 0.418. The topological polar surface area (TPSA) is 79.6 Å². The maximum absolute atomic E-state index is 5.52. The predicted molar refractivity (Wildman–Crippen MR) is 108 cm³/mol. The molecule has 0 aliphatic heterocycles. The first kappa shape index (κ1) is 17.8. The molecule has 4 rings (SSSR count). The van der Waals surface area contributed by atoms with E-state index in [2.05, 4.69) is 38.4 Å². The summed E-state index contributed by atoms with van der Waals surface area (Å²) >= 11 is 1.66. The molecule has 0 amide bonds. The minimum Gasteiger partial charge on any atom is -0.334 e. The third-order valence-corrected chi connectivity index (χ3v) is 5.35. The number of nitrogens with zero attached hydrogens (tertiary/aromatic N) is 3. The smallest absolute Gasteiger partial charge is 0.258 e. The van der Waals surface area contributed by atoms with Crippen molar-refractivity contribution in [2.24, 2.45) is 0 Å². The monoisotopic (exact) mass is 379 g/mol. The highest BCUT2D eigenvalue weighted by Crippen LogP contribution is 2.29. The Labute approximate surface area is 161 Å². The van der Waals surface area contributed by atoms with Gasteiger partial charge in [0.2, 0.25) is 0 Å². The molecule has 2 N–H and O–H groups in total. The molecule has 1 atom stereocenters. The van der Waals surface area contributed by atoms with Gasteiger partial charge in [0.25, 0.3) is 5.89 Å². The molecular formula is C20H21N5OS. The Hall–Kier alpha value is -2.64. The average Bonchev–Trinajstić information content (AvgIpc) is 3.33. The molecule has 6 nitrogen and oxygen atoms in total. The maximum Gasteiger partial charge on any atom is 0.258 e. The molecule has 138 valence electrons. The second kappa shape index (κ2) is 7.94. The molecule has 0 radical (unpaired) electrons. The number of aromatic amines is 1. The summed E-state index contributed by atoms with van der Waals surface area (Å²) in [5, 5.41) is 8.21. The summed E-state index contributed by atoms with van der Waals surface area (Å²) in [5.41, 5.74) is 4.14. The van der Waals surface area contributed by atoms with Crippen molar-refractivity contribution in [3.63, 3.8) is 0 Å². The maximum atomic E-state index is 5.52. The molecule has 0 saturated heterocycles. The SMILES string of the molecule is CNC(C)Cc1noc(-c2ccccc2CSc2nc3ccccc3[nH]2)n1. The van der Waals surface area contributed by atoms with Crippen LogP contribution in [0.1, 0.15) is 18.3 Å². The molecule has 7 heteroatoms. The lowest BCUT2D eigenvalue weighted by Crippen LogP contribution is -2.24. The molecule has 2 heterocycles. The van der Waals surface area contributed by atoms with Crippen LogP contribution in [0.25, 0.3) is 22.5 Å². The van der Waals surface area contributed by atoms with Gasteiger partial charge in [-0.25, -0.2) is 4.98 Å². The number of thioether (sulfide) groups is 1. The fourth-order valence-corrected chi connectivity index (χ4v) is 3.71. The van der Waals surface area contributed by atoms with Gasteiger partial charge in [-0.15, -0.1) is 0 Å². The van der Waals surface area contributed by atoms with Crippen molar-refractivity contribution < 1.29 is 4.52 Å². The molecule has 1 unspecified atom stereocenters. The summed E-state index contributed by atoms with van der Waals surface area (Å²) in [6, 6.07) is 16.5. The van der Waals surface area contributed by atoms with Crippen molar-refractivity contribution in [2.45, 2.75) is 30.3 Å². The fraction of sp³-hybridized carbons (Fsp3) is 0.250. The molecule has 2 aromatic carbocycles. The largest absolute Gasteiger partial charge is 0.334 e. The van der Waals surface area contributed by atoms with Gasteiger partial charge in [-0.1, -0.05) is 47.3 Å². The quantitative estimate of drug-likeness (QED) is 0.472. The van der Waals surface area contributed by atoms with Gasteiger partial charge in [0.15, 0.2) is 11.0 Å². The lowest BCUT2D eigenvalue weighted by Gasteiger charge is -2.05. The Morgan fingerprint density at radius 2 is 1.93 bits per heavy atom. The predicted octanol–water partition coefficient (Wildman–Crippen LogP) is 4.06. The number of benzene rings is 2. The molecular weight excluding hydrogens is 358 g/mol. The molecule has 0 fully saturated rings. The van der Waals surface area contributed by atoms with Crippen LogP contribution in [0.3, 0.4) is 0 Å². The van der Waals surface area contributed by atoms with E-state index in [9.17, 15) is 0 Å². The van der Waals surface area contributed by atoms with Crippen LogP contribution in [-0.4, -0.2) is 33.2 Å². The van der Waals surface area contributed by atoms with E-state index in [1.165, 1.54) is 0 Å². The van der Waals surface area contributed by atoms with E-state index in [1.54, 1.807) is 11.8 Å². The third-order valence-electron chi connectivity index (χ3n) is 4.43. The zero-order chi connectivity index (χ0) is 18.6. The standard InChI is InChI=1S/C20H21N5OS/c1-13(21-2)11-18-24-19(26-25-18)15-8-4-3-7-14(15)12-27-20-22-16-9-5-6-10-17(16)23-20/h3-10,13,21H,11-12H2,1-2H3,(H,22,23). The number of imidazole rings is 1. The van der Waals surface area contributed by atoms with Gasteiger partial charge in [-0.05, 0) is 37.7 Å². The first-order chi connectivity index (χ1) is 13.2. The number of aromatic nitrogens is 4. The summed E-state index contributed by atoms with van der Waals surface area (Å²) in [4.78, 5) is 12.5. The zero-order valence-corrected chi connectivity index (χ0v) is 16.1. The molecule has 0 spiro atoms. The molecule has 2 aromatic heterocycles. The van der Waals surface area contributed by atoms with Gasteiger partial charge in [-0.3, -0.25) is 0 Å². The molecule has 0 saturated carbocycles. The average molecular weight is 379 g/mol. The summed E-state index contributed by atoms with van der Waals surface area (Å²) in [6.07, 6.45) is 0.732. The number of hydrogen-bond donors (Lipinski definition) is 2. The zero-order valence-electron chi connectivity index (χ0n) is 15.3. The van der Waals surface area contributed by atoms with Gasteiger partial charge in [0.1, 0.15) is 0 Å². The van der Waals surface area contributed by atoms with Crippen molar-refractivity contribution in [3.8, 4) is 11.5 Å². The Kier molecular flexibility index (Phi) is 5.22. The van der Waals surface area contributed by atoms with Gasteiger partial charge in [0.05, 0.1) is 11.0 Å². The molecule has 0 aliphatic carbocycles. The van der Waals surface area contributed by atoms with E-state index in [-0.39, 0.29) is 0 Å². The number of likely N-dealkylation sites (N-methyl/N-ethyl adjacent to an activating group) is 1. The van der Waals surface area contributed by atoms with Gasteiger partial charge >= 0.3 is 0 Å². The number of para-hydroxylation sites is 2. The Balaban J connectivity index is 1.52. The Bertz CT molecular complexity index is 1010. The molecule has 0 bridgehead atoms. The van der Waals surface area contributed by atoms with Crippen LogP contribution < -0.4 is 5.32 Å². The second-order valence-electron chi connectivity index (χ2n) is 6.41. The van der Waals surface area contributed by atoms with Crippen molar-refractivity contribution in [3.05, 3.63) is 59.9 Å². The van der Waals surface area contributed by atoms with E-state index in [1.807, 2.05) is 49.5 Å². The van der Waals surface area contributed by atoms with E-state index in [0.29, 0.717) is 17.8 Å². The number of hydrogen-bond acceptors (Lipinski definition) is 6. The molecule has 0 aliphatic rings. The first-order valence-corrected chi connectivity index (χ1v) is 9.87. The van der Waals surface area contributed by atoms with Crippen LogP contribution >= 0.6 is 11.8 Å². The normalized spacial score (nSPS) is 12.5. The van der Waals surface area contributed by atoms with Crippen molar-refractivity contribution in [2.75, 3.05) is 7.05 Å².